The van der Waals surface area contributed by atoms with Crippen LogP contribution in [-0.4, -0.2) is 13.7 Å². The SMILES string of the molecule is CCc1ccc(N(c2ccc([N+](=O)[O-])cc2N)S(=O)O)cc1. The molecule has 0 amide bonds. The van der Waals surface area contributed by atoms with Gasteiger partial charge in [0.05, 0.1) is 22.0 Å². The number of non-ortho nitro benzene ring substituents is 1. The van der Waals surface area contributed by atoms with Crippen molar-refractivity contribution in [2.24, 2.45) is 0 Å². The zero-order valence-corrected chi connectivity index (χ0v) is 12.6. The first-order chi connectivity index (χ1) is 10.4. The van der Waals surface area contributed by atoms with Crippen LogP contribution >= 0.6 is 0 Å². The lowest BCUT2D eigenvalue weighted by molar-refractivity contribution is -0.384. The molecule has 116 valence electrons. The summed E-state index contributed by atoms with van der Waals surface area (Å²) in [6.45, 7) is 2.01. The molecule has 7 nitrogen and oxygen atoms in total. The average Bonchev–Trinajstić information content (AvgIpc) is 2.49. The second-order valence-corrected chi connectivity index (χ2v) is 5.37. The number of hydrogen-bond donors (Lipinski definition) is 2. The molecule has 0 saturated heterocycles. The van der Waals surface area contributed by atoms with E-state index in [9.17, 15) is 18.9 Å². The summed E-state index contributed by atoms with van der Waals surface area (Å²) in [6, 6.07) is 10.9. The van der Waals surface area contributed by atoms with Gasteiger partial charge in [-0.25, -0.2) is 8.51 Å². The minimum Gasteiger partial charge on any atom is -0.397 e. The van der Waals surface area contributed by atoms with Crippen LogP contribution < -0.4 is 10.0 Å². The van der Waals surface area contributed by atoms with Crippen molar-refractivity contribution in [1.29, 1.82) is 0 Å². The number of nitro benzene ring substituents is 1. The predicted molar refractivity (Wildman–Crippen MR) is 86.2 cm³/mol. The number of benzene rings is 2. The largest absolute Gasteiger partial charge is 0.397 e. The summed E-state index contributed by atoms with van der Waals surface area (Å²) in [5, 5.41) is 10.7. The molecule has 3 N–H and O–H groups in total. The fourth-order valence-corrected chi connectivity index (χ4v) is 2.66. The quantitative estimate of drug-likeness (QED) is 0.381. The molecule has 2 rings (SSSR count). The van der Waals surface area contributed by atoms with Crippen molar-refractivity contribution < 1.29 is 13.7 Å². The smallest absolute Gasteiger partial charge is 0.271 e. The highest BCUT2D eigenvalue weighted by molar-refractivity contribution is 7.81. The van der Waals surface area contributed by atoms with E-state index in [0.29, 0.717) is 5.69 Å². The van der Waals surface area contributed by atoms with Crippen molar-refractivity contribution in [1.82, 2.24) is 0 Å². The number of nitrogens with two attached hydrogens (primary N) is 1. The topological polar surface area (TPSA) is 110 Å². The normalized spacial score (nSPS) is 11.9. The van der Waals surface area contributed by atoms with Crippen molar-refractivity contribution in [3.63, 3.8) is 0 Å². The zero-order chi connectivity index (χ0) is 16.3. The van der Waals surface area contributed by atoms with E-state index in [0.717, 1.165) is 22.4 Å². The van der Waals surface area contributed by atoms with E-state index in [1.54, 1.807) is 12.1 Å². The lowest BCUT2D eigenvalue weighted by Gasteiger charge is -2.21. The molecule has 0 aliphatic carbocycles. The molecule has 1 unspecified atom stereocenters. The Balaban J connectivity index is 2.47. The lowest BCUT2D eigenvalue weighted by Crippen LogP contribution is -2.20. The first kappa shape index (κ1) is 15.9. The maximum Gasteiger partial charge on any atom is 0.271 e. The van der Waals surface area contributed by atoms with Crippen molar-refractivity contribution in [3.8, 4) is 0 Å². The number of nitrogens with zero attached hydrogens (tertiary/aromatic N) is 2. The second-order valence-electron chi connectivity index (χ2n) is 4.55. The summed E-state index contributed by atoms with van der Waals surface area (Å²) in [5.41, 5.74) is 7.47. The standard InChI is InChI=1S/C14H15N3O4S/c1-2-10-3-5-11(6-4-10)16(22(20)21)14-8-7-12(17(18)19)9-13(14)15/h3-9H,2,15H2,1H3,(H,20,21). The summed E-state index contributed by atoms with van der Waals surface area (Å²) in [6.07, 6.45) is 0.849. The molecular weight excluding hydrogens is 306 g/mol. The Kier molecular flexibility index (Phi) is 4.74. The Hall–Kier alpha value is -2.45. The van der Waals surface area contributed by atoms with Crippen LogP contribution in [0.15, 0.2) is 42.5 Å². The van der Waals surface area contributed by atoms with Crippen molar-refractivity contribution in [2.45, 2.75) is 13.3 Å². The Morgan fingerprint density at radius 3 is 2.36 bits per heavy atom. The number of rotatable bonds is 5. The van der Waals surface area contributed by atoms with Crippen LogP contribution in [0.5, 0.6) is 0 Å². The van der Waals surface area contributed by atoms with Gasteiger partial charge >= 0.3 is 0 Å². The van der Waals surface area contributed by atoms with Crippen LogP contribution in [0.4, 0.5) is 22.7 Å². The average molecular weight is 321 g/mol. The van der Waals surface area contributed by atoms with Crippen LogP contribution in [0.25, 0.3) is 0 Å². The Bertz CT molecular complexity index is 719. The van der Waals surface area contributed by atoms with Crippen LogP contribution in [0.2, 0.25) is 0 Å². The number of nitrogen functional groups attached to an aromatic ring is 1. The van der Waals surface area contributed by atoms with Crippen LogP contribution in [0, 0.1) is 10.1 Å². The van der Waals surface area contributed by atoms with Crippen LogP contribution in [0.3, 0.4) is 0 Å². The molecule has 0 heterocycles. The Labute approximate surface area is 129 Å². The molecule has 0 spiro atoms. The highest BCUT2D eigenvalue weighted by Crippen LogP contribution is 2.34. The highest BCUT2D eigenvalue weighted by Gasteiger charge is 2.19. The van der Waals surface area contributed by atoms with Gasteiger partial charge in [0, 0.05) is 12.1 Å². The van der Waals surface area contributed by atoms with E-state index < -0.39 is 16.2 Å². The van der Waals surface area contributed by atoms with Gasteiger partial charge in [0.25, 0.3) is 17.0 Å². The van der Waals surface area contributed by atoms with Gasteiger partial charge in [0.2, 0.25) is 0 Å². The van der Waals surface area contributed by atoms with E-state index in [2.05, 4.69) is 0 Å². The third-order valence-electron chi connectivity index (χ3n) is 3.18. The molecule has 0 fully saturated rings. The van der Waals surface area contributed by atoms with E-state index in [1.165, 1.54) is 12.1 Å². The molecule has 2 aromatic carbocycles. The molecule has 8 heteroatoms. The van der Waals surface area contributed by atoms with Gasteiger partial charge in [-0.2, -0.15) is 0 Å². The van der Waals surface area contributed by atoms with Crippen molar-refractivity contribution in [2.75, 3.05) is 10.0 Å². The molecule has 0 bridgehead atoms. The summed E-state index contributed by atoms with van der Waals surface area (Å²) in [7, 11) is 0. The molecule has 0 aliphatic heterocycles. The molecule has 0 radical (unpaired) electrons. The van der Waals surface area contributed by atoms with Gasteiger partial charge in [-0.15, -0.1) is 0 Å². The Morgan fingerprint density at radius 2 is 1.91 bits per heavy atom. The molecule has 22 heavy (non-hydrogen) atoms. The summed E-state index contributed by atoms with van der Waals surface area (Å²) in [4.78, 5) is 10.2. The molecule has 1 atom stereocenters. The maximum absolute atomic E-state index is 11.7. The zero-order valence-electron chi connectivity index (χ0n) is 11.8. The molecule has 0 aliphatic rings. The van der Waals surface area contributed by atoms with Crippen LogP contribution in [-0.2, 0) is 17.7 Å². The fraction of sp³-hybridized carbons (Fsp3) is 0.143. The molecule has 0 saturated carbocycles. The van der Waals surface area contributed by atoms with Gasteiger partial charge in [-0.3, -0.25) is 14.7 Å². The third kappa shape index (κ3) is 3.23. The van der Waals surface area contributed by atoms with Gasteiger partial charge in [0.15, 0.2) is 0 Å². The van der Waals surface area contributed by atoms with Crippen LogP contribution in [0.1, 0.15) is 12.5 Å². The summed E-state index contributed by atoms with van der Waals surface area (Å²) >= 11 is -2.36. The highest BCUT2D eigenvalue weighted by atomic mass is 32.2. The number of aryl methyl sites for hydroxylation is 1. The maximum atomic E-state index is 11.7. The summed E-state index contributed by atoms with van der Waals surface area (Å²) < 4.78 is 22.3. The third-order valence-corrected chi connectivity index (χ3v) is 3.90. The molecule has 0 aromatic heterocycles. The number of nitro groups is 1. The van der Waals surface area contributed by atoms with Crippen molar-refractivity contribution >= 4 is 34.0 Å². The summed E-state index contributed by atoms with van der Waals surface area (Å²) in [5.74, 6) is 0. The molecular formula is C14H15N3O4S. The van der Waals surface area contributed by atoms with E-state index >= 15 is 0 Å². The van der Waals surface area contributed by atoms with E-state index in [1.807, 2.05) is 19.1 Å². The fourth-order valence-electron chi connectivity index (χ4n) is 2.02. The monoisotopic (exact) mass is 321 g/mol. The van der Waals surface area contributed by atoms with Gasteiger partial charge in [-0.05, 0) is 30.2 Å². The predicted octanol–water partition coefficient (Wildman–Crippen LogP) is 3.01. The number of anilines is 3. The molecule has 2 aromatic rings. The minimum atomic E-state index is -2.36. The lowest BCUT2D eigenvalue weighted by atomic mass is 10.1. The van der Waals surface area contributed by atoms with Gasteiger partial charge < -0.3 is 5.73 Å². The first-order valence-corrected chi connectivity index (χ1v) is 7.54. The second kappa shape index (κ2) is 6.54. The van der Waals surface area contributed by atoms with Crippen molar-refractivity contribution in [3.05, 3.63) is 58.1 Å². The van der Waals surface area contributed by atoms with E-state index in [-0.39, 0.29) is 17.1 Å². The minimum absolute atomic E-state index is 0.0520. The van der Waals surface area contributed by atoms with Gasteiger partial charge in [0.1, 0.15) is 0 Å². The Morgan fingerprint density at radius 1 is 1.27 bits per heavy atom. The van der Waals surface area contributed by atoms with E-state index in [4.69, 9.17) is 5.73 Å². The van der Waals surface area contributed by atoms with Gasteiger partial charge in [-0.1, -0.05) is 19.1 Å². The number of hydrogen-bond acceptors (Lipinski definition) is 4. The first-order valence-electron chi connectivity index (χ1n) is 6.48.